The lowest BCUT2D eigenvalue weighted by Crippen LogP contribution is -2.36. The Bertz CT molecular complexity index is 1270. The molecule has 0 radical (unpaired) electrons. The van der Waals surface area contributed by atoms with Gasteiger partial charge in [-0.2, -0.15) is 13.2 Å². The van der Waals surface area contributed by atoms with Gasteiger partial charge in [0.2, 0.25) is 0 Å². The number of benzene rings is 2. The number of pyridine rings is 1. The lowest BCUT2D eigenvalue weighted by atomic mass is 9.92. The van der Waals surface area contributed by atoms with Crippen molar-refractivity contribution < 1.29 is 22.8 Å². The molecule has 0 aliphatic heterocycles. The number of hydrogen-bond donors (Lipinski definition) is 1. The fraction of sp³-hybridized carbons (Fsp3) is 0.240. The van der Waals surface area contributed by atoms with Gasteiger partial charge >= 0.3 is 6.18 Å². The summed E-state index contributed by atoms with van der Waals surface area (Å²) in [6.07, 6.45) is -3.31. The molecule has 0 saturated heterocycles. The lowest BCUT2D eigenvalue weighted by molar-refractivity contribution is -0.137. The molecule has 170 valence electrons. The van der Waals surface area contributed by atoms with Crippen molar-refractivity contribution in [1.29, 1.82) is 0 Å². The number of alkyl halides is 3. The van der Waals surface area contributed by atoms with Crippen LogP contribution in [0.25, 0.3) is 5.69 Å². The van der Waals surface area contributed by atoms with E-state index in [9.17, 15) is 27.6 Å². The predicted octanol–water partition coefficient (Wildman–Crippen LogP) is 4.61. The summed E-state index contributed by atoms with van der Waals surface area (Å²) in [5, 5.41) is 2.69. The van der Waals surface area contributed by atoms with Gasteiger partial charge in [0.1, 0.15) is 5.56 Å². The predicted molar refractivity (Wildman–Crippen MR) is 117 cm³/mol. The molecule has 8 heteroatoms. The maximum absolute atomic E-state index is 13.3. The number of fused-ring (bicyclic) bond motifs is 1. The first-order chi connectivity index (χ1) is 15.6. The Balaban J connectivity index is 1.75. The van der Waals surface area contributed by atoms with E-state index in [-0.39, 0.29) is 35.6 Å². The van der Waals surface area contributed by atoms with Crippen LogP contribution in [0.2, 0.25) is 0 Å². The van der Waals surface area contributed by atoms with E-state index >= 15 is 0 Å². The monoisotopic (exact) mass is 454 g/mol. The van der Waals surface area contributed by atoms with Gasteiger partial charge in [-0.3, -0.25) is 19.0 Å². The molecule has 1 heterocycles. The highest BCUT2D eigenvalue weighted by molar-refractivity contribution is 6.01. The van der Waals surface area contributed by atoms with Gasteiger partial charge < -0.3 is 5.32 Å². The van der Waals surface area contributed by atoms with Crippen molar-refractivity contribution in [1.82, 2.24) is 9.88 Å². The fourth-order valence-electron chi connectivity index (χ4n) is 3.91. The number of hydrogen-bond acceptors (Lipinski definition) is 3. The van der Waals surface area contributed by atoms with Crippen LogP contribution in [-0.4, -0.2) is 16.3 Å². The Hall–Kier alpha value is -3.68. The second-order valence-corrected chi connectivity index (χ2v) is 8.05. The number of carbonyl (C=O) groups is 2. The van der Waals surface area contributed by atoms with E-state index in [2.05, 4.69) is 5.32 Å². The zero-order valence-corrected chi connectivity index (χ0v) is 17.8. The van der Waals surface area contributed by atoms with Crippen LogP contribution in [0.4, 0.5) is 13.2 Å². The second-order valence-electron chi connectivity index (χ2n) is 8.05. The van der Waals surface area contributed by atoms with Crippen molar-refractivity contribution in [3.05, 3.63) is 98.5 Å². The molecule has 4 rings (SSSR count). The van der Waals surface area contributed by atoms with Crippen molar-refractivity contribution >= 4 is 11.7 Å². The Kier molecular flexibility index (Phi) is 5.93. The van der Waals surface area contributed by atoms with Crippen LogP contribution in [-0.2, 0) is 19.1 Å². The number of aromatic nitrogens is 1. The molecule has 0 fully saturated rings. The minimum absolute atomic E-state index is 0.173. The molecule has 1 amide bonds. The summed E-state index contributed by atoms with van der Waals surface area (Å²) < 4.78 is 40.1. The van der Waals surface area contributed by atoms with E-state index in [1.54, 1.807) is 0 Å². The third-order valence-corrected chi connectivity index (χ3v) is 5.69. The van der Waals surface area contributed by atoms with Crippen molar-refractivity contribution in [2.45, 2.75) is 38.9 Å². The smallest absolute Gasteiger partial charge is 0.348 e. The topological polar surface area (TPSA) is 68.2 Å². The molecule has 0 bridgehead atoms. The Labute approximate surface area is 187 Å². The van der Waals surface area contributed by atoms with Crippen LogP contribution in [0.5, 0.6) is 0 Å². The van der Waals surface area contributed by atoms with Gasteiger partial charge in [0, 0.05) is 29.9 Å². The largest absolute Gasteiger partial charge is 0.416 e. The number of amides is 1. The first-order valence-electron chi connectivity index (χ1n) is 10.5. The van der Waals surface area contributed by atoms with Crippen LogP contribution in [0, 0.1) is 6.92 Å². The minimum atomic E-state index is -4.52. The SMILES string of the molecule is Cc1ccc(CNC(=O)c2cc3c(n(-c4ccc(C(F)(F)F)cc4)c2=O)CCCC3=O)cc1. The zero-order chi connectivity index (χ0) is 23.8. The minimum Gasteiger partial charge on any atom is -0.348 e. The maximum atomic E-state index is 13.3. The Morgan fingerprint density at radius 2 is 1.67 bits per heavy atom. The summed E-state index contributed by atoms with van der Waals surface area (Å²) in [7, 11) is 0. The van der Waals surface area contributed by atoms with Crippen molar-refractivity contribution in [2.75, 3.05) is 0 Å². The number of ketones is 1. The van der Waals surface area contributed by atoms with Crippen molar-refractivity contribution in [3.8, 4) is 5.69 Å². The van der Waals surface area contributed by atoms with E-state index in [0.29, 0.717) is 18.5 Å². The molecule has 2 aromatic carbocycles. The molecule has 0 atom stereocenters. The number of nitrogens with one attached hydrogen (secondary N) is 1. The summed E-state index contributed by atoms with van der Waals surface area (Å²) in [5.41, 5.74) is 0.986. The van der Waals surface area contributed by atoms with Gasteiger partial charge in [0.25, 0.3) is 11.5 Å². The fourth-order valence-corrected chi connectivity index (χ4v) is 3.91. The standard InChI is InChI=1S/C25H21F3N2O3/c1-15-5-7-16(8-6-15)14-29-23(32)20-13-19-21(3-2-4-22(19)31)30(24(20)33)18-11-9-17(10-12-18)25(26,27)28/h5-13H,2-4,14H2,1H3,(H,29,32). The molecule has 0 saturated carbocycles. The molecule has 33 heavy (non-hydrogen) atoms. The van der Waals surface area contributed by atoms with Gasteiger partial charge in [-0.25, -0.2) is 0 Å². The van der Waals surface area contributed by atoms with E-state index in [1.807, 2.05) is 31.2 Å². The number of aryl methyl sites for hydroxylation is 1. The maximum Gasteiger partial charge on any atom is 0.416 e. The van der Waals surface area contributed by atoms with E-state index < -0.39 is 23.2 Å². The number of nitrogens with zero attached hydrogens (tertiary/aromatic N) is 1. The highest BCUT2D eigenvalue weighted by atomic mass is 19.4. The van der Waals surface area contributed by atoms with Gasteiger partial charge in [-0.15, -0.1) is 0 Å². The third kappa shape index (κ3) is 4.60. The van der Waals surface area contributed by atoms with Gasteiger partial charge in [-0.05, 0) is 55.7 Å². The zero-order valence-electron chi connectivity index (χ0n) is 17.8. The van der Waals surface area contributed by atoms with Crippen LogP contribution < -0.4 is 10.9 Å². The third-order valence-electron chi connectivity index (χ3n) is 5.69. The van der Waals surface area contributed by atoms with Gasteiger partial charge in [-0.1, -0.05) is 29.8 Å². The molecule has 1 aromatic heterocycles. The van der Waals surface area contributed by atoms with E-state index in [0.717, 1.165) is 23.3 Å². The molecular formula is C25H21F3N2O3. The lowest BCUT2D eigenvalue weighted by Gasteiger charge is -2.22. The highest BCUT2D eigenvalue weighted by Crippen LogP contribution is 2.30. The normalized spacial score (nSPS) is 13.5. The Morgan fingerprint density at radius 3 is 2.30 bits per heavy atom. The molecule has 0 spiro atoms. The summed E-state index contributed by atoms with van der Waals surface area (Å²) in [4.78, 5) is 38.7. The van der Waals surface area contributed by atoms with Crippen LogP contribution in [0.15, 0.2) is 59.4 Å². The Morgan fingerprint density at radius 1 is 1.00 bits per heavy atom. The average molecular weight is 454 g/mol. The van der Waals surface area contributed by atoms with E-state index in [4.69, 9.17) is 0 Å². The van der Waals surface area contributed by atoms with Gasteiger partial charge in [0.15, 0.2) is 5.78 Å². The molecule has 0 unspecified atom stereocenters. The molecular weight excluding hydrogens is 433 g/mol. The first kappa shape index (κ1) is 22.5. The number of halogens is 3. The summed E-state index contributed by atoms with van der Waals surface area (Å²) in [6.45, 7) is 2.13. The average Bonchev–Trinajstić information content (AvgIpc) is 2.78. The number of rotatable bonds is 4. The summed E-state index contributed by atoms with van der Waals surface area (Å²) >= 11 is 0. The molecule has 5 nitrogen and oxygen atoms in total. The number of Topliss-reactive ketones (excluding diaryl/α,β-unsaturated/α-hetero) is 1. The van der Waals surface area contributed by atoms with Crippen LogP contribution in [0.3, 0.4) is 0 Å². The second kappa shape index (κ2) is 8.69. The van der Waals surface area contributed by atoms with Crippen LogP contribution in [0.1, 0.15) is 55.9 Å². The summed E-state index contributed by atoms with van der Waals surface area (Å²) in [6, 6.07) is 12.9. The molecule has 3 aromatic rings. The number of carbonyl (C=O) groups excluding carboxylic acids is 2. The van der Waals surface area contributed by atoms with Crippen molar-refractivity contribution in [3.63, 3.8) is 0 Å². The van der Waals surface area contributed by atoms with Crippen LogP contribution >= 0.6 is 0 Å². The summed E-state index contributed by atoms with van der Waals surface area (Å²) in [5.74, 6) is -0.855. The molecule has 1 aliphatic rings. The molecule has 1 N–H and O–H groups in total. The quantitative estimate of drug-likeness (QED) is 0.626. The molecule has 1 aliphatic carbocycles. The highest BCUT2D eigenvalue weighted by Gasteiger charge is 2.31. The van der Waals surface area contributed by atoms with Crippen molar-refractivity contribution in [2.24, 2.45) is 0 Å². The van der Waals surface area contributed by atoms with Gasteiger partial charge in [0.05, 0.1) is 5.56 Å². The first-order valence-corrected chi connectivity index (χ1v) is 10.5. The van der Waals surface area contributed by atoms with E-state index in [1.165, 1.54) is 22.8 Å².